The number of benzene rings is 1. The molecule has 0 bridgehead atoms. The number of anilines is 1. The van der Waals surface area contributed by atoms with Crippen molar-refractivity contribution >= 4 is 21.6 Å². The molecule has 144 valence electrons. The molecule has 1 fully saturated rings. The van der Waals surface area contributed by atoms with Crippen molar-refractivity contribution in [3.8, 4) is 5.88 Å². The highest BCUT2D eigenvalue weighted by Gasteiger charge is 2.34. The minimum absolute atomic E-state index is 0.204. The average Bonchev–Trinajstić information content (AvgIpc) is 3.03. The number of sulfonamides is 1. The van der Waals surface area contributed by atoms with Crippen LogP contribution in [-0.2, 0) is 14.8 Å². The molecule has 9 heteroatoms. The summed E-state index contributed by atoms with van der Waals surface area (Å²) >= 11 is 0. The Morgan fingerprint density at radius 2 is 2.07 bits per heavy atom. The lowest BCUT2D eigenvalue weighted by atomic mass is 10.2. The van der Waals surface area contributed by atoms with E-state index in [0.717, 1.165) is 0 Å². The van der Waals surface area contributed by atoms with Crippen LogP contribution >= 0.6 is 0 Å². The fraction of sp³-hybridized carbons (Fsp3) is 0.389. The molecule has 1 aromatic heterocycles. The molecule has 0 radical (unpaired) electrons. The highest BCUT2D eigenvalue weighted by atomic mass is 32.2. The minimum Gasteiger partial charge on any atom is -0.473 e. The number of aromatic nitrogens is 2. The molecule has 1 N–H and O–H groups in total. The van der Waals surface area contributed by atoms with Crippen molar-refractivity contribution < 1.29 is 17.9 Å². The summed E-state index contributed by atoms with van der Waals surface area (Å²) in [6, 6.07) is 6.43. The van der Waals surface area contributed by atoms with Crippen LogP contribution in [0.15, 0.2) is 35.4 Å². The number of carbonyl (C=O) groups is 1. The van der Waals surface area contributed by atoms with E-state index in [9.17, 15) is 13.2 Å². The molecule has 0 spiro atoms. The Morgan fingerprint density at radius 3 is 2.74 bits per heavy atom. The summed E-state index contributed by atoms with van der Waals surface area (Å²) < 4.78 is 33.2. The van der Waals surface area contributed by atoms with Crippen molar-refractivity contribution in [1.82, 2.24) is 14.3 Å². The van der Waals surface area contributed by atoms with Gasteiger partial charge >= 0.3 is 0 Å². The first-order chi connectivity index (χ1) is 12.8. The quantitative estimate of drug-likeness (QED) is 0.837. The Bertz CT molecular complexity index is 962. The lowest BCUT2D eigenvalue weighted by Crippen LogP contribution is -2.31. The number of amides is 1. The van der Waals surface area contributed by atoms with Gasteiger partial charge in [0.05, 0.1) is 11.4 Å². The van der Waals surface area contributed by atoms with Crippen molar-refractivity contribution in [1.29, 1.82) is 0 Å². The minimum atomic E-state index is -3.64. The van der Waals surface area contributed by atoms with Gasteiger partial charge in [0.25, 0.3) is 0 Å². The number of aryl methyl sites for hydroxylation is 2. The van der Waals surface area contributed by atoms with Crippen molar-refractivity contribution in [2.75, 3.05) is 18.4 Å². The van der Waals surface area contributed by atoms with Crippen molar-refractivity contribution in [3.05, 3.63) is 41.9 Å². The maximum atomic E-state index is 13.0. The van der Waals surface area contributed by atoms with Crippen molar-refractivity contribution in [2.45, 2.75) is 38.2 Å². The van der Waals surface area contributed by atoms with E-state index < -0.39 is 10.0 Å². The monoisotopic (exact) mass is 390 g/mol. The zero-order chi connectivity index (χ0) is 19.6. The summed E-state index contributed by atoms with van der Waals surface area (Å²) in [7, 11) is -3.64. The summed E-state index contributed by atoms with van der Waals surface area (Å²) in [6.07, 6.45) is 1.94. The van der Waals surface area contributed by atoms with Gasteiger partial charge in [-0.1, -0.05) is 0 Å². The summed E-state index contributed by atoms with van der Waals surface area (Å²) in [4.78, 5) is 19.6. The standard InChI is InChI=1S/C18H22N4O4S/c1-12-10-15(21-14(3)23)4-5-17(12)27(24,25)22-9-7-16(11-22)26-18-6-8-19-13(2)20-18/h4-6,8,10,16H,7,9,11H2,1-3H3,(H,21,23)/t16-/m1/s1. The molecule has 0 aliphatic carbocycles. The molecule has 1 amide bonds. The fourth-order valence-electron chi connectivity index (χ4n) is 3.04. The van der Waals surface area contributed by atoms with Crippen molar-refractivity contribution in [2.24, 2.45) is 0 Å². The Morgan fingerprint density at radius 1 is 1.30 bits per heavy atom. The van der Waals surface area contributed by atoms with E-state index in [4.69, 9.17) is 4.74 Å². The van der Waals surface area contributed by atoms with Gasteiger partial charge in [0.1, 0.15) is 11.9 Å². The Hall–Kier alpha value is -2.52. The first-order valence-electron chi connectivity index (χ1n) is 8.60. The van der Waals surface area contributed by atoms with E-state index in [1.165, 1.54) is 17.3 Å². The van der Waals surface area contributed by atoms with Gasteiger partial charge in [-0.15, -0.1) is 0 Å². The predicted molar refractivity (Wildman–Crippen MR) is 100 cm³/mol. The van der Waals surface area contributed by atoms with E-state index in [1.54, 1.807) is 38.2 Å². The second-order valence-electron chi connectivity index (χ2n) is 6.50. The van der Waals surface area contributed by atoms with Gasteiger partial charge < -0.3 is 10.1 Å². The zero-order valence-electron chi connectivity index (χ0n) is 15.5. The highest BCUT2D eigenvalue weighted by molar-refractivity contribution is 7.89. The van der Waals surface area contributed by atoms with Crippen LogP contribution in [0.4, 0.5) is 5.69 Å². The molecule has 3 rings (SSSR count). The molecule has 0 unspecified atom stereocenters. The number of carbonyl (C=O) groups excluding carboxylic acids is 1. The second kappa shape index (κ2) is 7.61. The maximum absolute atomic E-state index is 13.0. The number of nitrogens with zero attached hydrogens (tertiary/aromatic N) is 3. The molecule has 1 aromatic carbocycles. The van der Waals surface area contributed by atoms with Crippen LogP contribution < -0.4 is 10.1 Å². The Kier molecular flexibility index (Phi) is 5.43. The molecule has 0 saturated carbocycles. The summed E-state index contributed by atoms with van der Waals surface area (Å²) in [5.74, 6) is 0.844. The lowest BCUT2D eigenvalue weighted by molar-refractivity contribution is -0.114. The van der Waals surface area contributed by atoms with Crippen LogP contribution in [0.1, 0.15) is 24.7 Å². The molecule has 1 saturated heterocycles. The number of hydrogen-bond acceptors (Lipinski definition) is 6. The molecule has 8 nitrogen and oxygen atoms in total. The summed E-state index contributed by atoms with van der Waals surface area (Å²) in [5, 5.41) is 2.65. The molecule has 1 aliphatic rings. The van der Waals surface area contributed by atoms with Crippen LogP contribution in [0, 0.1) is 13.8 Å². The Labute approximate surface area is 158 Å². The third-order valence-electron chi connectivity index (χ3n) is 4.26. The van der Waals surface area contributed by atoms with Gasteiger partial charge in [0.2, 0.25) is 21.8 Å². The van der Waals surface area contributed by atoms with Crippen LogP contribution in [0.3, 0.4) is 0 Å². The number of ether oxygens (including phenoxy) is 1. The molecule has 1 atom stereocenters. The molecule has 27 heavy (non-hydrogen) atoms. The summed E-state index contributed by atoms with van der Waals surface area (Å²) in [5.41, 5.74) is 1.15. The van der Waals surface area contributed by atoms with E-state index in [1.807, 2.05) is 0 Å². The smallest absolute Gasteiger partial charge is 0.243 e. The first kappa shape index (κ1) is 19.2. The normalized spacial score (nSPS) is 17.7. The van der Waals surface area contributed by atoms with E-state index in [2.05, 4.69) is 15.3 Å². The first-order valence-corrected chi connectivity index (χ1v) is 10.0. The third-order valence-corrected chi connectivity index (χ3v) is 6.28. The van der Waals surface area contributed by atoms with Gasteiger partial charge in [0.15, 0.2) is 0 Å². The highest BCUT2D eigenvalue weighted by Crippen LogP contribution is 2.27. The molecule has 2 heterocycles. The van der Waals surface area contributed by atoms with Crippen LogP contribution in [0.5, 0.6) is 5.88 Å². The van der Waals surface area contributed by atoms with Gasteiger partial charge in [-0.2, -0.15) is 9.29 Å². The fourth-order valence-corrected chi connectivity index (χ4v) is 4.73. The van der Waals surface area contributed by atoms with Crippen LogP contribution in [-0.4, -0.2) is 47.8 Å². The molecular formula is C18H22N4O4S. The topological polar surface area (TPSA) is 101 Å². The van der Waals surface area contributed by atoms with E-state index >= 15 is 0 Å². The second-order valence-corrected chi connectivity index (χ2v) is 8.40. The number of hydrogen-bond donors (Lipinski definition) is 1. The number of nitrogens with one attached hydrogen (secondary N) is 1. The van der Waals surface area contributed by atoms with Gasteiger partial charge in [-0.05, 0) is 44.0 Å². The van der Waals surface area contributed by atoms with Crippen LogP contribution in [0.25, 0.3) is 0 Å². The molecular weight excluding hydrogens is 368 g/mol. The number of rotatable bonds is 5. The SMILES string of the molecule is CC(=O)Nc1ccc(S(=O)(=O)N2CC[C@@H](Oc3ccnc(C)n3)C2)c(C)c1. The molecule has 1 aliphatic heterocycles. The van der Waals surface area contributed by atoms with Gasteiger partial charge in [0, 0.05) is 31.4 Å². The van der Waals surface area contributed by atoms with Gasteiger partial charge in [-0.3, -0.25) is 4.79 Å². The van der Waals surface area contributed by atoms with Crippen LogP contribution in [0.2, 0.25) is 0 Å². The lowest BCUT2D eigenvalue weighted by Gasteiger charge is -2.19. The summed E-state index contributed by atoms with van der Waals surface area (Å²) in [6.45, 7) is 5.53. The predicted octanol–water partition coefficient (Wildman–Crippen LogP) is 1.89. The van der Waals surface area contributed by atoms with E-state index in [0.29, 0.717) is 35.9 Å². The molecule has 2 aromatic rings. The average molecular weight is 390 g/mol. The van der Waals surface area contributed by atoms with Crippen molar-refractivity contribution in [3.63, 3.8) is 0 Å². The third kappa shape index (κ3) is 4.42. The largest absolute Gasteiger partial charge is 0.473 e. The van der Waals surface area contributed by atoms with Gasteiger partial charge in [-0.25, -0.2) is 13.4 Å². The Balaban J connectivity index is 1.73. The van der Waals surface area contributed by atoms with E-state index in [-0.39, 0.29) is 23.5 Å². The maximum Gasteiger partial charge on any atom is 0.243 e. The zero-order valence-corrected chi connectivity index (χ0v) is 16.3.